The summed E-state index contributed by atoms with van der Waals surface area (Å²) in [6, 6.07) is 0. The van der Waals surface area contributed by atoms with Crippen molar-refractivity contribution in [3.63, 3.8) is 0 Å². The molecule has 5 nitrogen and oxygen atoms in total. The van der Waals surface area contributed by atoms with Gasteiger partial charge in [-0.05, 0) is 33.1 Å². The highest BCUT2D eigenvalue weighted by Gasteiger charge is 2.21. The van der Waals surface area contributed by atoms with Crippen molar-refractivity contribution < 1.29 is 19.4 Å². The Labute approximate surface area is 150 Å². The van der Waals surface area contributed by atoms with E-state index >= 15 is 0 Å². The van der Waals surface area contributed by atoms with E-state index in [4.69, 9.17) is 15.6 Å². The topological polar surface area (TPSA) is 89.6 Å². The largest absolute Gasteiger partial charge is 0.460 e. The lowest BCUT2D eigenvalue weighted by atomic mass is 10.1. The van der Waals surface area contributed by atoms with Gasteiger partial charge in [0.15, 0.2) is 0 Å². The molecule has 3 N–H and O–H groups in total. The number of carbonyl (C=O) groups is 2. The Bertz CT molecular complexity index is 284. The van der Waals surface area contributed by atoms with E-state index in [1.54, 1.807) is 6.92 Å². The van der Waals surface area contributed by atoms with Crippen LogP contribution in [0.2, 0.25) is 0 Å². The van der Waals surface area contributed by atoms with Crippen molar-refractivity contribution >= 4 is 11.9 Å². The van der Waals surface area contributed by atoms with Crippen LogP contribution >= 0.6 is 0 Å². The first kappa shape index (κ1) is 30.7. The van der Waals surface area contributed by atoms with E-state index in [2.05, 4.69) is 13.8 Å². The highest BCUT2D eigenvalue weighted by Crippen LogP contribution is 2.14. The minimum Gasteiger partial charge on any atom is -0.460 e. The maximum absolute atomic E-state index is 11.4. The number of primary amides is 1. The van der Waals surface area contributed by atoms with E-state index in [-0.39, 0.29) is 24.2 Å². The number of hydrogen-bond acceptors (Lipinski definition) is 4. The molecule has 24 heavy (non-hydrogen) atoms. The maximum Gasteiger partial charge on any atom is 0.309 e. The SMILES string of the molecule is CC.CC(C)CO.CCC.C[C@@H](CCC(N)=O)C(=O)OC(C)(C)C. The Morgan fingerprint density at radius 3 is 1.62 bits per heavy atom. The second-order valence-electron chi connectivity index (χ2n) is 6.72. The molecule has 0 heterocycles. The third kappa shape index (κ3) is 37.3. The molecule has 0 aliphatic carbocycles. The lowest BCUT2D eigenvalue weighted by Gasteiger charge is -2.21. The number of hydrogen-bond donors (Lipinski definition) is 2. The second-order valence-corrected chi connectivity index (χ2v) is 6.72. The number of rotatable bonds is 5. The van der Waals surface area contributed by atoms with Gasteiger partial charge in [-0.15, -0.1) is 0 Å². The highest BCUT2D eigenvalue weighted by molar-refractivity contribution is 5.76. The summed E-state index contributed by atoms with van der Waals surface area (Å²) in [5, 5.41) is 8.14. The first-order chi connectivity index (χ1) is 10.9. The zero-order valence-electron chi connectivity index (χ0n) is 17.7. The van der Waals surface area contributed by atoms with E-state index in [0.29, 0.717) is 18.9 Å². The van der Waals surface area contributed by atoms with Crippen LogP contribution in [0.25, 0.3) is 0 Å². The van der Waals surface area contributed by atoms with E-state index in [0.717, 1.165) is 0 Å². The Balaban J connectivity index is -0.000000165. The van der Waals surface area contributed by atoms with Gasteiger partial charge in [-0.25, -0.2) is 0 Å². The van der Waals surface area contributed by atoms with Gasteiger partial charge >= 0.3 is 5.97 Å². The smallest absolute Gasteiger partial charge is 0.309 e. The molecule has 0 aliphatic heterocycles. The van der Waals surface area contributed by atoms with Crippen molar-refractivity contribution in [1.82, 2.24) is 0 Å². The molecular weight excluding hydrogens is 306 g/mol. The van der Waals surface area contributed by atoms with Crippen LogP contribution in [-0.2, 0) is 14.3 Å². The molecule has 0 aromatic rings. The zero-order valence-corrected chi connectivity index (χ0v) is 17.7. The Hall–Kier alpha value is -1.10. The van der Waals surface area contributed by atoms with Crippen LogP contribution in [-0.4, -0.2) is 29.2 Å². The number of aliphatic hydroxyl groups excluding tert-OH is 1. The van der Waals surface area contributed by atoms with Crippen molar-refractivity contribution in [1.29, 1.82) is 0 Å². The third-order valence-corrected chi connectivity index (χ3v) is 2.00. The third-order valence-electron chi connectivity index (χ3n) is 2.00. The molecule has 5 heteroatoms. The molecule has 0 aromatic heterocycles. The maximum atomic E-state index is 11.4. The van der Waals surface area contributed by atoms with Gasteiger partial charge in [0.05, 0.1) is 5.92 Å². The first-order valence-electron chi connectivity index (χ1n) is 9.03. The summed E-state index contributed by atoms with van der Waals surface area (Å²) in [7, 11) is 0. The monoisotopic (exact) mass is 349 g/mol. The lowest BCUT2D eigenvalue weighted by molar-refractivity contribution is -0.159. The fraction of sp³-hybridized carbons (Fsp3) is 0.895. The van der Waals surface area contributed by atoms with Gasteiger partial charge in [-0.1, -0.05) is 54.9 Å². The summed E-state index contributed by atoms with van der Waals surface area (Å²) in [5.74, 6) is -0.504. The molecule has 0 saturated carbocycles. The second kappa shape index (κ2) is 19.9. The summed E-state index contributed by atoms with van der Waals surface area (Å²) in [4.78, 5) is 21.9. The molecule has 0 saturated heterocycles. The number of esters is 1. The Kier molecular flexibility index (Phi) is 25.6. The van der Waals surface area contributed by atoms with E-state index in [1.165, 1.54) is 6.42 Å². The minimum absolute atomic E-state index is 0.223. The van der Waals surface area contributed by atoms with E-state index in [9.17, 15) is 9.59 Å². The van der Waals surface area contributed by atoms with Crippen LogP contribution in [0, 0.1) is 11.8 Å². The fourth-order valence-corrected chi connectivity index (χ4v) is 0.879. The van der Waals surface area contributed by atoms with Crippen LogP contribution < -0.4 is 5.73 Å². The molecule has 0 spiro atoms. The van der Waals surface area contributed by atoms with Crippen molar-refractivity contribution in [2.75, 3.05) is 6.61 Å². The quantitative estimate of drug-likeness (QED) is 0.724. The number of ether oxygens (including phenoxy) is 1. The van der Waals surface area contributed by atoms with Gasteiger partial charge in [0, 0.05) is 13.0 Å². The average Bonchev–Trinajstić information content (AvgIpc) is 2.46. The van der Waals surface area contributed by atoms with Crippen LogP contribution in [0.3, 0.4) is 0 Å². The molecular formula is C19H43NO4. The predicted molar refractivity (Wildman–Crippen MR) is 103 cm³/mol. The van der Waals surface area contributed by atoms with E-state index in [1.807, 2.05) is 48.5 Å². The minimum atomic E-state index is -0.474. The van der Waals surface area contributed by atoms with Crippen LogP contribution in [0.15, 0.2) is 0 Å². The molecule has 0 fully saturated rings. The van der Waals surface area contributed by atoms with Crippen LogP contribution in [0.5, 0.6) is 0 Å². The van der Waals surface area contributed by atoms with Crippen molar-refractivity contribution in [3.05, 3.63) is 0 Å². The Morgan fingerprint density at radius 1 is 1.08 bits per heavy atom. The fourth-order valence-electron chi connectivity index (χ4n) is 0.879. The number of carbonyl (C=O) groups excluding carboxylic acids is 2. The summed E-state index contributed by atoms with van der Waals surface area (Å²) in [5.41, 5.74) is 4.50. The van der Waals surface area contributed by atoms with Crippen LogP contribution in [0.4, 0.5) is 0 Å². The molecule has 0 aliphatic rings. The molecule has 1 atom stereocenters. The molecule has 0 radical (unpaired) electrons. The number of aliphatic hydroxyl groups is 1. The molecule has 0 unspecified atom stereocenters. The highest BCUT2D eigenvalue weighted by atomic mass is 16.6. The Morgan fingerprint density at radius 2 is 1.42 bits per heavy atom. The number of amides is 1. The molecule has 0 rings (SSSR count). The van der Waals surface area contributed by atoms with Gasteiger partial charge in [0.1, 0.15) is 5.60 Å². The van der Waals surface area contributed by atoms with E-state index < -0.39 is 5.60 Å². The summed E-state index contributed by atoms with van der Waals surface area (Å²) in [6.07, 6.45) is 1.92. The first-order valence-corrected chi connectivity index (χ1v) is 9.03. The van der Waals surface area contributed by atoms with Gasteiger partial charge in [0.2, 0.25) is 5.91 Å². The molecule has 0 bridgehead atoms. The molecule has 0 aromatic carbocycles. The summed E-state index contributed by atoms with van der Waals surface area (Å²) in [6.45, 7) is 19.7. The normalized spacial score (nSPS) is 10.8. The van der Waals surface area contributed by atoms with Gasteiger partial charge in [0.25, 0.3) is 0 Å². The molecule has 148 valence electrons. The summed E-state index contributed by atoms with van der Waals surface area (Å²) < 4.78 is 5.14. The molecule has 1 amide bonds. The standard InChI is InChI=1S/C10H19NO3.C4H10O.C3H8.C2H6/c1-7(5-6-8(11)12)9(13)14-10(2,3)4;1-4(2)3-5;1-3-2;1-2/h7H,5-6H2,1-4H3,(H2,11,12);4-5H,3H2,1-2H3;3H2,1-2H3;1-2H3/t7-;;;/m0.../s1. The lowest BCUT2D eigenvalue weighted by Crippen LogP contribution is -2.28. The van der Waals surface area contributed by atoms with Gasteiger partial charge in [-0.2, -0.15) is 0 Å². The van der Waals surface area contributed by atoms with Crippen molar-refractivity contribution in [3.8, 4) is 0 Å². The average molecular weight is 350 g/mol. The van der Waals surface area contributed by atoms with Crippen molar-refractivity contribution in [2.45, 2.75) is 94.1 Å². The number of nitrogens with two attached hydrogens (primary N) is 1. The van der Waals surface area contributed by atoms with Gasteiger partial charge in [-0.3, -0.25) is 9.59 Å². The zero-order chi connectivity index (χ0) is 20.3. The summed E-state index contributed by atoms with van der Waals surface area (Å²) >= 11 is 0. The van der Waals surface area contributed by atoms with Crippen molar-refractivity contribution in [2.24, 2.45) is 17.6 Å². The van der Waals surface area contributed by atoms with Gasteiger partial charge < -0.3 is 15.6 Å². The van der Waals surface area contributed by atoms with Crippen LogP contribution in [0.1, 0.15) is 88.5 Å². The predicted octanol–water partition coefficient (Wildman–Crippen LogP) is 4.31.